The van der Waals surface area contributed by atoms with E-state index in [1.165, 1.54) is 18.2 Å². The zero-order valence-corrected chi connectivity index (χ0v) is 10.7. The molecular formula is C11H12N2O4S. The number of carbonyl (C=O) groups excluding carboxylic acids is 1. The fourth-order valence-electron chi connectivity index (χ4n) is 1.71. The average molecular weight is 268 g/mol. The molecular weight excluding hydrogens is 256 g/mol. The molecule has 0 aromatic heterocycles. The van der Waals surface area contributed by atoms with Crippen LogP contribution in [-0.2, 0) is 14.9 Å². The van der Waals surface area contributed by atoms with Crippen molar-refractivity contribution in [2.75, 3.05) is 19.4 Å². The third-order valence-corrected chi connectivity index (χ3v) is 3.31. The third kappa shape index (κ3) is 2.22. The lowest BCUT2D eigenvalue weighted by atomic mass is 10.1. The Balaban J connectivity index is 2.60. The third-order valence-electron chi connectivity index (χ3n) is 2.46. The lowest BCUT2D eigenvalue weighted by Gasteiger charge is -2.06. The van der Waals surface area contributed by atoms with Crippen LogP contribution >= 0.6 is 0 Å². The summed E-state index contributed by atoms with van der Waals surface area (Å²) in [6.07, 6.45) is 1.59. The van der Waals surface area contributed by atoms with E-state index in [0.717, 1.165) is 0 Å². The minimum Gasteiger partial charge on any atom is -0.383 e. The van der Waals surface area contributed by atoms with Gasteiger partial charge in [0.15, 0.2) is 0 Å². The van der Waals surface area contributed by atoms with Crippen LogP contribution in [0.15, 0.2) is 29.3 Å². The molecule has 0 radical (unpaired) electrons. The number of fused-ring (bicyclic) bond motifs is 1. The summed E-state index contributed by atoms with van der Waals surface area (Å²) < 4.78 is 31.1. The highest BCUT2D eigenvalue weighted by Crippen LogP contribution is 2.33. The molecule has 0 saturated carbocycles. The number of nitrogens with one attached hydrogen (secondary N) is 1. The number of anilines is 1. The molecule has 1 heterocycles. The second kappa shape index (κ2) is 4.11. The molecule has 0 fully saturated rings. The van der Waals surface area contributed by atoms with E-state index >= 15 is 0 Å². The Morgan fingerprint density at radius 1 is 1.33 bits per heavy atom. The molecule has 1 aliphatic rings. The molecule has 1 amide bonds. The Bertz CT molecular complexity index is 647. The van der Waals surface area contributed by atoms with Gasteiger partial charge in [0, 0.05) is 31.5 Å². The molecule has 0 unspecified atom stereocenters. The molecule has 0 atom stereocenters. The number of rotatable bonds is 2. The first-order valence-electron chi connectivity index (χ1n) is 5.10. The first-order chi connectivity index (χ1) is 8.29. The maximum absolute atomic E-state index is 11.7. The molecule has 1 aromatic rings. The van der Waals surface area contributed by atoms with Crippen molar-refractivity contribution < 1.29 is 17.8 Å². The van der Waals surface area contributed by atoms with Crippen molar-refractivity contribution in [1.82, 2.24) is 4.90 Å². The molecule has 7 heteroatoms. The predicted octanol–water partition coefficient (Wildman–Crippen LogP) is 0.788. The van der Waals surface area contributed by atoms with Gasteiger partial charge in [-0.05, 0) is 18.2 Å². The van der Waals surface area contributed by atoms with Crippen molar-refractivity contribution in [1.29, 1.82) is 0 Å². The maximum Gasteiger partial charge on any atom is 0.294 e. The van der Waals surface area contributed by atoms with Gasteiger partial charge in [0.25, 0.3) is 16.0 Å². The van der Waals surface area contributed by atoms with Crippen molar-refractivity contribution in [2.24, 2.45) is 0 Å². The average Bonchev–Trinajstić information content (AvgIpc) is 2.53. The first-order valence-corrected chi connectivity index (χ1v) is 6.54. The summed E-state index contributed by atoms with van der Waals surface area (Å²) in [4.78, 5) is 13.2. The van der Waals surface area contributed by atoms with Crippen molar-refractivity contribution in [2.45, 2.75) is 4.90 Å². The Kier molecular flexibility index (Phi) is 2.88. The van der Waals surface area contributed by atoms with Crippen LogP contribution in [-0.4, -0.2) is 37.9 Å². The van der Waals surface area contributed by atoms with E-state index in [4.69, 9.17) is 4.55 Å². The van der Waals surface area contributed by atoms with Gasteiger partial charge in [0.05, 0.1) is 10.5 Å². The lowest BCUT2D eigenvalue weighted by Crippen LogP contribution is -2.08. The van der Waals surface area contributed by atoms with E-state index in [1.54, 1.807) is 25.2 Å². The van der Waals surface area contributed by atoms with Crippen LogP contribution in [0.5, 0.6) is 0 Å². The van der Waals surface area contributed by atoms with Gasteiger partial charge in [0.1, 0.15) is 0 Å². The highest BCUT2D eigenvalue weighted by atomic mass is 32.2. The molecule has 0 aliphatic carbocycles. The van der Waals surface area contributed by atoms with Gasteiger partial charge >= 0.3 is 0 Å². The Morgan fingerprint density at radius 3 is 2.56 bits per heavy atom. The van der Waals surface area contributed by atoms with E-state index in [9.17, 15) is 13.2 Å². The maximum atomic E-state index is 11.7. The van der Waals surface area contributed by atoms with Gasteiger partial charge in [-0.25, -0.2) is 0 Å². The molecule has 0 saturated heterocycles. The van der Waals surface area contributed by atoms with E-state index in [0.29, 0.717) is 16.8 Å². The molecule has 0 spiro atoms. The standard InChI is InChI=1S/C11H12N2O4S/c1-13(2)6-9-8-5-7(18(15,16)17)3-4-10(8)12-11(9)14/h3-6H,1-2H3,(H,12,14)(H,15,16,17). The molecule has 6 nitrogen and oxygen atoms in total. The van der Waals surface area contributed by atoms with Gasteiger partial charge in [-0.3, -0.25) is 9.35 Å². The number of hydrogen-bond donors (Lipinski definition) is 2. The first kappa shape index (κ1) is 12.6. The van der Waals surface area contributed by atoms with Crippen LogP contribution in [0.25, 0.3) is 5.57 Å². The largest absolute Gasteiger partial charge is 0.383 e. The summed E-state index contributed by atoms with van der Waals surface area (Å²) in [5.41, 5.74) is 1.35. The molecule has 2 N–H and O–H groups in total. The quantitative estimate of drug-likeness (QED) is 0.611. The lowest BCUT2D eigenvalue weighted by molar-refractivity contribution is -0.110. The summed E-state index contributed by atoms with van der Waals surface area (Å²) in [6, 6.07) is 3.97. The van der Waals surface area contributed by atoms with Crippen molar-refractivity contribution >= 4 is 27.3 Å². The van der Waals surface area contributed by atoms with Crippen LogP contribution in [0.2, 0.25) is 0 Å². The fraction of sp³-hybridized carbons (Fsp3) is 0.182. The molecule has 2 rings (SSSR count). The SMILES string of the molecule is CN(C)C=C1C(=O)Nc2ccc(S(=O)(=O)O)cc21. The van der Waals surface area contributed by atoms with Crippen molar-refractivity contribution in [3.05, 3.63) is 30.0 Å². The smallest absolute Gasteiger partial charge is 0.294 e. The summed E-state index contributed by atoms with van der Waals surface area (Å²) in [7, 11) is -0.764. The number of carbonyl (C=O) groups is 1. The monoisotopic (exact) mass is 268 g/mol. The summed E-state index contributed by atoms with van der Waals surface area (Å²) in [5, 5.41) is 2.62. The topological polar surface area (TPSA) is 86.7 Å². The minimum atomic E-state index is -4.27. The number of nitrogens with zero attached hydrogens (tertiary/aromatic N) is 1. The number of amides is 1. The highest BCUT2D eigenvalue weighted by molar-refractivity contribution is 7.85. The van der Waals surface area contributed by atoms with Crippen molar-refractivity contribution in [3.8, 4) is 0 Å². The van der Waals surface area contributed by atoms with Crippen molar-refractivity contribution in [3.63, 3.8) is 0 Å². The van der Waals surface area contributed by atoms with Crippen LogP contribution in [0.3, 0.4) is 0 Å². The van der Waals surface area contributed by atoms with Gasteiger partial charge in [-0.15, -0.1) is 0 Å². The van der Waals surface area contributed by atoms with Gasteiger partial charge in [-0.1, -0.05) is 0 Å². The van der Waals surface area contributed by atoms with Crippen LogP contribution < -0.4 is 5.32 Å². The zero-order chi connectivity index (χ0) is 13.5. The molecule has 0 bridgehead atoms. The summed E-state index contributed by atoms with van der Waals surface area (Å²) >= 11 is 0. The summed E-state index contributed by atoms with van der Waals surface area (Å²) in [5.74, 6) is -0.300. The van der Waals surface area contributed by atoms with Gasteiger partial charge in [0.2, 0.25) is 0 Å². The predicted molar refractivity (Wildman–Crippen MR) is 66.6 cm³/mol. The van der Waals surface area contributed by atoms with Crippen LogP contribution in [0.4, 0.5) is 5.69 Å². The molecule has 1 aromatic carbocycles. The summed E-state index contributed by atoms with van der Waals surface area (Å²) in [6.45, 7) is 0. The number of benzene rings is 1. The molecule has 18 heavy (non-hydrogen) atoms. The van der Waals surface area contributed by atoms with E-state index in [2.05, 4.69) is 5.32 Å². The normalized spacial score (nSPS) is 16.6. The fourth-order valence-corrected chi connectivity index (χ4v) is 2.22. The van der Waals surface area contributed by atoms with Gasteiger partial charge in [-0.2, -0.15) is 8.42 Å². The van der Waals surface area contributed by atoms with E-state index < -0.39 is 10.1 Å². The van der Waals surface area contributed by atoms with Gasteiger partial charge < -0.3 is 10.2 Å². The Morgan fingerprint density at radius 2 is 2.00 bits per heavy atom. The highest BCUT2D eigenvalue weighted by Gasteiger charge is 2.26. The van der Waals surface area contributed by atoms with Crippen LogP contribution in [0, 0.1) is 0 Å². The minimum absolute atomic E-state index is 0.234. The zero-order valence-electron chi connectivity index (χ0n) is 9.84. The Hall–Kier alpha value is -1.86. The van der Waals surface area contributed by atoms with Crippen LogP contribution in [0.1, 0.15) is 5.56 Å². The second-order valence-electron chi connectivity index (χ2n) is 4.14. The molecule has 1 aliphatic heterocycles. The second-order valence-corrected chi connectivity index (χ2v) is 5.56. The Labute approximate surface area is 105 Å². The number of hydrogen-bond acceptors (Lipinski definition) is 4. The van der Waals surface area contributed by atoms with E-state index in [-0.39, 0.29) is 10.8 Å². The van der Waals surface area contributed by atoms with E-state index in [1.807, 2.05) is 0 Å². The molecule has 96 valence electrons.